The van der Waals surface area contributed by atoms with Gasteiger partial charge in [0.25, 0.3) is 0 Å². The Morgan fingerprint density at radius 2 is 2.21 bits per heavy atom. The first kappa shape index (κ1) is 17.4. The highest BCUT2D eigenvalue weighted by Gasteiger charge is 2.02. The van der Waals surface area contributed by atoms with Crippen molar-refractivity contribution < 1.29 is 4.79 Å². The van der Waals surface area contributed by atoms with Gasteiger partial charge in [0.05, 0.1) is 0 Å². The molecule has 0 saturated heterocycles. The average molecular weight is 374 g/mol. The van der Waals surface area contributed by atoms with E-state index in [1.165, 1.54) is 0 Å². The summed E-state index contributed by atoms with van der Waals surface area (Å²) in [6.45, 7) is 4.83. The van der Waals surface area contributed by atoms with Crippen LogP contribution < -0.4 is 16.4 Å². The molecular weight excluding hydrogens is 355 g/mol. The van der Waals surface area contributed by atoms with E-state index in [0.717, 1.165) is 5.56 Å². The first-order valence-electron chi connectivity index (χ1n) is 5.61. The zero-order chi connectivity index (χ0) is 13.4. The van der Waals surface area contributed by atoms with Gasteiger partial charge in [-0.2, -0.15) is 0 Å². The van der Waals surface area contributed by atoms with Crippen molar-refractivity contribution in [1.29, 1.82) is 0 Å². The zero-order valence-electron chi connectivity index (χ0n) is 10.8. The molecule has 0 spiro atoms. The first-order valence-corrected chi connectivity index (χ1v) is 5.61. The van der Waals surface area contributed by atoms with Gasteiger partial charge in [-0.25, -0.2) is 0 Å². The fraction of sp³-hybridized carbons (Fsp3) is 0.231. The Hall–Kier alpha value is -1.57. The second-order valence-electron chi connectivity index (χ2n) is 3.66. The fourth-order valence-electron chi connectivity index (χ4n) is 1.41. The van der Waals surface area contributed by atoms with Crippen LogP contribution in [0, 0.1) is 0 Å². The standard InChI is InChI=1S/C13H18N4O.HI/c1-3-7-16-13(15-2)17-9-10-5-4-6-11(8-10)12(14)18;/h3-6,8H,1,7,9H2,2H3,(H2,14,18)(H2,15,16,17);1H. The van der Waals surface area contributed by atoms with Crippen LogP contribution in [0.25, 0.3) is 0 Å². The van der Waals surface area contributed by atoms with E-state index in [9.17, 15) is 4.79 Å². The molecule has 0 aliphatic rings. The van der Waals surface area contributed by atoms with E-state index in [-0.39, 0.29) is 24.0 Å². The third kappa shape index (κ3) is 6.23. The van der Waals surface area contributed by atoms with Crippen molar-refractivity contribution >= 4 is 35.8 Å². The van der Waals surface area contributed by atoms with Crippen LogP contribution in [0.15, 0.2) is 41.9 Å². The SMILES string of the molecule is C=CCNC(=NC)NCc1cccc(C(N)=O)c1.I. The van der Waals surface area contributed by atoms with Gasteiger partial charge in [-0.3, -0.25) is 9.79 Å². The van der Waals surface area contributed by atoms with Crippen molar-refractivity contribution in [2.24, 2.45) is 10.7 Å². The van der Waals surface area contributed by atoms with Crippen LogP contribution in [0.5, 0.6) is 0 Å². The first-order chi connectivity index (χ1) is 8.67. The highest BCUT2D eigenvalue weighted by atomic mass is 127. The van der Waals surface area contributed by atoms with E-state index in [1.54, 1.807) is 31.3 Å². The van der Waals surface area contributed by atoms with E-state index in [4.69, 9.17) is 5.73 Å². The third-order valence-electron chi connectivity index (χ3n) is 2.31. The molecule has 0 unspecified atom stereocenters. The molecule has 0 saturated carbocycles. The number of nitrogens with two attached hydrogens (primary N) is 1. The molecule has 1 aromatic carbocycles. The molecule has 0 fully saturated rings. The molecule has 19 heavy (non-hydrogen) atoms. The summed E-state index contributed by atoms with van der Waals surface area (Å²) in [5.74, 6) is 0.255. The normalized spacial score (nSPS) is 10.3. The van der Waals surface area contributed by atoms with Crippen LogP contribution in [0.2, 0.25) is 0 Å². The molecule has 1 aromatic rings. The molecule has 6 heteroatoms. The largest absolute Gasteiger partial charge is 0.366 e. The molecule has 0 aliphatic heterocycles. The number of nitrogens with zero attached hydrogens (tertiary/aromatic N) is 1. The van der Waals surface area contributed by atoms with Crippen molar-refractivity contribution in [3.8, 4) is 0 Å². The van der Waals surface area contributed by atoms with Gasteiger partial charge in [-0.05, 0) is 17.7 Å². The summed E-state index contributed by atoms with van der Waals surface area (Å²) >= 11 is 0. The summed E-state index contributed by atoms with van der Waals surface area (Å²) in [6.07, 6.45) is 1.75. The lowest BCUT2D eigenvalue weighted by atomic mass is 10.1. The van der Waals surface area contributed by atoms with E-state index >= 15 is 0 Å². The summed E-state index contributed by atoms with van der Waals surface area (Å²) in [5.41, 5.74) is 6.69. The number of aliphatic imine (C=N–C) groups is 1. The predicted molar refractivity (Wildman–Crippen MR) is 88.8 cm³/mol. The maximum absolute atomic E-state index is 11.0. The molecule has 0 heterocycles. The summed E-state index contributed by atoms with van der Waals surface area (Å²) in [4.78, 5) is 15.1. The lowest BCUT2D eigenvalue weighted by molar-refractivity contribution is 0.1000. The minimum Gasteiger partial charge on any atom is -0.366 e. The zero-order valence-corrected chi connectivity index (χ0v) is 13.2. The minimum atomic E-state index is -0.425. The van der Waals surface area contributed by atoms with Crippen LogP contribution in [-0.4, -0.2) is 25.5 Å². The van der Waals surface area contributed by atoms with Gasteiger partial charge in [0, 0.05) is 25.7 Å². The Morgan fingerprint density at radius 3 is 2.79 bits per heavy atom. The smallest absolute Gasteiger partial charge is 0.248 e. The van der Waals surface area contributed by atoms with Gasteiger partial charge in [0.1, 0.15) is 0 Å². The quantitative estimate of drug-likeness (QED) is 0.314. The minimum absolute atomic E-state index is 0. The molecule has 1 amide bonds. The number of hydrogen-bond acceptors (Lipinski definition) is 2. The fourth-order valence-corrected chi connectivity index (χ4v) is 1.41. The number of benzene rings is 1. The van der Waals surface area contributed by atoms with Gasteiger partial charge >= 0.3 is 0 Å². The van der Waals surface area contributed by atoms with Crippen LogP contribution >= 0.6 is 24.0 Å². The summed E-state index contributed by atoms with van der Waals surface area (Å²) < 4.78 is 0. The van der Waals surface area contributed by atoms with Gasteiger partial charge in [0.15, 0.2) is 5.96 Å². The van der Waals surface area contributed by atoms with Crippen LogP contribution in [-0.2, 0) is 6.54 Å². The molecule has 4 N–H and O–H groups in total. The van der Waals surface area contributed by atoms with Crippen molar-refractivity contribution in [1.82, 2.24) is 10.6 Å². The molecule has 5 nitrogen and oxygen atoms in total. The number of nitrogens with one attached hydrogen (secondary N) is 2. The number of primary amides is 1. The topological polar surface area (TPSA) is 79.5 Å². The molecule has 0 aromatic heterocycles. The maximum Gasteiger partial charge on any atom is 0.248 e. The summed E-state index contributed by atoms with van der Waals surface area (Å²) in [5, 5.41) is 6.18. The van der Waals surface area contributed by atoms with Crippen LogP contribution in [0.4, 0.5) is 0 Å². The number of carbonyl (C=O) groups excluding carboxylic acids is 1. The summed E-state index contributed by atoms with van der Waals surface area (Å²) in [7, 11) is 1.69. The Balaban J connectivity index is 0.00000324. The number of hydrogen-bond donors (Lipinski definition) is 3. The number of halogens is 1. The van der Waals surface area contributed by atoms with Gasteiger partial charge in [0.2, 0.25) is 5.91 Å². The molecule has 0 radical (unpaired) electrons. The van der Waals surface area contributed by atoms with E-state index < -0.39 is 5.91 Å². The van der Waals surface area contributed by atoms with E-state index in [1.807, 2.05) is 6.07 Å². The molecule has 0 aliphatic carbocycles. The van der Waals surface area contributed by atoms with Crippen molar-refractivity contribution in [3.63, 3.8) is 0 Å². The number of rotatable bonds is 5. The van der Waals surface area contributed by atoms with E-state index in [2.05, 4.69) is 22.2 Å². The average Bonchev–Trinajstić information content (AvgIpc) is 2.39. The highest BCUT2D eigenvalue weighted by molar-refractivity contribution is 14.0. The van der Waals surface area contributed by atoms with Gasteiger partial charge in [-0.1, -0.05) is 18.2 Å². The van der Waals surface area contributed by atoms with Gasteiger partial charge < -0.3 is 16.4 Å². The lowest BCUT2D eigenvalue weighted by Crippen LogP contribution is -2.36. The van der Waals surface area contributed by atoms with Crippen LogP contribution in [0.1, 0.15) is 15.9 Å². The molecular formula is C13H19IN4O. The monoisotopic (exact) mass is 374 g/mol. The van der Waals surface area contributed by atoms with Crippen molar-refractivity contribution in [2.45, 2.75) is 6.54 Å². The Kier molecular flexibility index (Phi) is 8.60. The summed E-state index contributed by atoms with van der Waals surface area (Å²) in [6, 6.07) is 7.17. The number of carbonyl (C=O) groups is 1. The molecule has 0 atom stereocenters. The van der Waals surface area contributed by atoms with Crippen molar-refractivity contribution in [3.05, 3.63) is 48.0 Å². The molecule has 0 bridgehead atoms. The Bertz CT molecular complexity index is 460. The number of amides is 1. The Morgan fingerprint density at radius 1 is 1.47 bits per heavy atom. The highest BCUT2D eigenvalue weighted by Crippen LogP contribution is 2.04. The Labute approximate surface area is 130 Å². The second-order valence-corrected chi connectivity index (χ2v) is 3.66. The van der Waals surface area contributed by atoms with E-state index in [0.29, 0.717) is 24.6 Å². The second kappa shape index (κ2) is 9.37. The lowest BCUT2D eigenvalue weighted by Gasteiger charge is -2.10. The van der Waals surface area contributed by atoms with Crippen LogP contribution in [0.3, 0.4) is 0 Å². The number of guanidine groups is 1. The maximum atomic E-state index is 11.0. The molecule has 104 valence electrons. The molecule has 1 rings (SSSR count). The predicted octanol–water partition coefficient (Wildman–Crippen LogP) is 1.25. The van der Waals surface area contributed by atoms with Crippen molar-refractivity contribution in [2.75, 3.05) is 13.6 Å². The third-order valence-corrected chi connectivity index (χ3v) is 2.31. The van der Waals surface area contributed by atoms with Gasteiger partial charge in [-0.15, -0.1) is 30.6 Å².